The molecule has 0 aliphatic rings. The van der Waals surface area contributed by atoms with E-state index in [4.69, 9.17) is 4.98 Å². The summed E-state index contributed by atoms with van der Waals surface area (Å²) in [7, 11) is 0. The molecule has 1 nitrogen and oxygen atoms in total. The predicted molar refractivity (Wildman–Crippen MR) is 231 cm³/mol. The van der Waals surface area contributed by atoms with Crippen molar-refractivity contribution in [3.8, 4) is 44.8 Å². The monoisotopic (exact) mass is 683 g/mol. The lowest BCUT2D eigenvalue weighted by Crippen LogP contribution is -1.94. The molecule has 0 amide bonds. The lowest BCUT2D eigenvalue weighted by atomic mass is 9.82. The molecule has 11 rings (SSSR count). The maximum absolute atomic E-state index is 5.23. The Hall–Kier alpha value is -7.09. The van der Waals surface area contributed by atoms with Gasteiger partial charge in [-0.1, -0.05) is 170 Å². The van der Waals surface area contributed by atoms with Crippen LogP contribution in [0, 0.1) is 0 Å². The average Bonchev–Trinajstić information content (AvgIpc) is 3.25. The van der Waals surface area contributed by atoms with Gasteiger partial charge in [-0.3, -0.25) is 0 Å². The van der Waals surface area contributed by atoms with Crippen molar-refractivity contribution in [1.82, 2.24) is 4.98 Å². The molecule has 0 aliphatic carbocycles. The highest BCUT2D eigenvalue weighted by Gasteiger charge is 2.21. The van der Waals surface area contributed by atoms with E-state index in [0.717, 1.165) is 22.5 Å². The van der Waals surface area contributed by atoms with Crippen LogP contribution in [0.5, 0.6) is 0 Å². The van der Waals surface area contributed by atoms with Crippen molar-refractivity contribution < 1.29 is 0 Å². The van der Waals surface area contributed by atoms with Crippen LogP contribution in [-0.4, -0.2) is 4.98 Å². The first-order valence-electron chi connectivity index (χ1n) is 18.6. The van der Waals surface area contributed by atoms with E-state index in [-0.39, 0.29) is 0 Å². The fourth-order valence-corrected chi connectivity index (χ4v) is 8.81. The van der Waals surface area contributed by atoms with Crippen molar-refractivity contribution in [3.63, 3.8) is 0 Å². The molecular weight excluding hydrogens is 651 g/mol. The largest absolute Gasteiger partial charge is 0.248 e. The molecule has 0 N–H and O–H groups in total. The van der Waals surface area contributed by atoms with Crippen LogP contribution in [0.4, 0.5) is 0 Å². The van der Waals surface area contributed by atoms with Gasteiger partial charge in [0, 0.05) is 11.1 Å². The molecule has 11 aromatic rings. The van der Waals surface area contributed by atoms with Crippen molar-refractivity contribution >= 4 is 64.6 Å². The minimum atomic E-state index is 0.957. The highest BCUT2D eigenvalue weighted by atomic mass is 14.7. The number of nitrogens with zero attached hydrogens (tertiary/aromatic N) is 1. The van der Waals surface area contributed by atoms with Crippen LogP contribution in [0.15, 0.2) is 200 Å². The fraction of sp³-hybridized carbons (Fsp3) is 0. The summed E-state index contributed by atoms with van der Waals surface area (Å²) in [5.74, 6) is 0. The zero-order valence-electron chi connectivity index (χ0n) is 29.5. The second kappa shape index (κ2) is 12.3. The van der Waals surface area contributed by atoms with Gasteiger partial charge in [0.2, 0.25) is 0 Å². The smallest absolute Gasteiger partial charge is 0.0709 e. The van der Waals surface area contributed by atoms with E-state index in [1.165, 1.54) is 86.9 Å². The van der Waals surface area contributed by atoms with Gasteiger partial charge in [0.1, 0.15) is 0 Å². The SMILES string of the molecule is c1ccc(-c2cccc(-c3ccc4c(-c5cc6ccccc6c6ccccc56)c5ccccc5c(-c5cc6ccccc6c6ccccc56)c4c3)n2)cc1. The molecule has 0 spiro atoms. The molecule has 1 heterocycles. The summed E-state index contributed by atoms with van der Waals surface area (Å²) in [6, 6.07) is 73.0. The minimum absolute atomic E-state index is 0.957. The average molecular weight is 684 g/mol. The van der Waals surface area contributed by atoms with Gasteiger partial charge in [-0.25, -0.2) is 4.98 Å². The molecule has 1 aromatic heterocycles. The lowest BCUT2D eigenvalue weighted by molar-refractivity contribution is 1.33. The van der Waals surface area contributed by atoms with Gasteiger partial charge in [-0.2, -0.15) is 0 Å². The number of hydrogen-bond donors (Lipinski definition) is 0. The van der Waals surface area contributed by atoms with E-state index in [1.807, 2.05) is 0 Å². The third kappa shape index (κ3) is 4.76. The molecule has 0 saturated heterocycles. The molecule has 0 atom stereocenters. The molecule has 10 aromatic carbocycles. The van der Waals surface area contributed by atoms with Crippen LogP contribution in [0.2, 0.25) is 0 Å². The molecule has 1 heteroatoms. The maximum atomic E-state index is 5.23. The number of pyridine rings is 1. The van der Waals surface area contributed by atoms with Crippen LogP contribution in [0.3, 0.4) is 0 Å². The number of hydrogen-bond acceptors (Lipinski definition) is 1. The molecule has 0 fully saturated rings. The maximum Gasteiger partial charge on any atom is 0.0709 e. The Morgan fingerprint density at radius 1 is 0.241 bits per heavy atom. The Morgan fingerprint density at radius 3 is 1.24 bits per heavy atom. The summed E-state index contributed by atoms with van der Waals surface area (Å²) in [5, 5.41) is 15.0. The molecule has 0 radical (unpaired) electrons. The van der Waals surface area contributed by atoms with Gasteiger partial charge in [-0.05, 0) is 117 Å². The van der Waals surface area contributed by atoms with Crippen molar-refractivity contribution in [2.24, 2.45) is 0 Å². The summed E-state index contributed by atoms with van der Waals surface area (Å²) >= 11 is 0. The van der Waals surface area contributed by atoms with E-state index < -0.39 is 0 Å². The Morgan fingerprint density at radius 2 is 0.667 bits per heavy atom. The number of fused-ring (bicyclic) bond motifs is 8. The molecule has 54 heavy (non-hydrogen) atoms. The Kier molecular flexibility index (Phi) is 6.93. The molecule has 0 unspecified atom stereocenters. The quantitative estimate of drug-likeness (QED) is 0.133. The van der Waals surface area contributed by atoms with Crippen molar-refractivity contribution in [2.45, 2.75) is 0 Å². The molecule has 0 aliphatic heterocycles. The normalized spacial score (nSPS) is 11.7. The summed E-state index contributed by atoms with van der Waals surface area (Å²) in [5.41, 5.74) is 9.12. The second-order valence-corrected chi connectivity index (χ2v) is 14.2. The van der Waals surface area contributed by atoms with Crippen LogP contribution < -0.4 is 0 Å². The first kappa shape index (κ1) is 30.5. The lowest BCUT2D eigenvalue weighted by Gasteiger charge is -2.21. The first-order valence-corrected chi connectivity index (χ1v) is 18.6. The zero-order chi connectivity index (χ0) is 35.6. The minimum Gasteiger partial charge on any atom is -0.248 e. The number of aromatic nitrogens is 1. The topological polar surface area (TPSA) is 12.9 Å². The third-order valence-corrected chi connectivity index (χ3v) is 11.2. The Labute approximate surface area is 313 Å². The van der Waals surface area contributed by atoms with E-state index in [2.05, 4.69) is 200 Å². The standard InChI is InChI=1S/C53H33N/c1-2-15-34(16-3-1)50-27-14-28-51(54-50)37-29-30-46-49(33-37)53(48-32-36-18-5-7-20-39(36)41-22-9-11-24-43(41)48)45-26-13-12-25-44(45)52(46)47-31-35-17-4-6-19-38(35)40-21-8-10-23-42(40)47/h1-33H. The van der Waals surface area contributed by atoms with Gasteiger partial charge in [-0.15, -0.1) is 0 Å². The highest BCUT2D eigenvalue weighted by Crippen LogP contribution is 2.49. The van der Waals surface area contributed by atoms with E-state index in [0.29, 0.717) is 0 Å². The van der Waals surface area contributed by atoms with Crippen LogP contribution >= 0.6 is 0 Å². The summed E-state index contributed by atoms with van der Waals surface area (Å²) < 4.78 is 0. The van der Waals surface area contributed by atoms with Crippen molar-refractivity contribution in [2.75, 3.05) is 0 Å². The van der Waals surface area contributed by atoms with Crippen molar-refractivity contribution in [3.05, 3.63) is 200 Å². The summed E-state index contributed by atoms with van der Waals surface area (Å²) in [6.45, 7) is 0. The Balaban J connectivity index is 1.30. The predicted octanol–water partition coefficient (Wildman–Crippen LogP) is 14.7. The van der Waals surface area contributed by atoms with E-state index >= 15 is 0 Å². The molecule has 250 valence electrons. The molecular formula is C53H33N. The van der Waals surface area contributed by atoms with E-state index in [9.17, 15) is 0 Å². The van der Waals surface area contributed by atoms with Gasteiger partial charge < -0.3 is 0 Å². The van der Waals surface area contributed by atoms with Gasteiger partial charge in [0.25, 0.3) is 0 Å². The highest BCUT2D eigenvalue weighted by molar-refractivity contribution is 6.28. The zero-order valence-corrected chi connectivity index (χ0v) is 29.5. The number of benzene rings is 10. The third-order valence-electron chi connectivity index (χ3n) is 11.2. The second-order valence-electron chi connectivity index (χ2n) is 14.2. The van der Waals surface area contributed by atoms with Crippen LogP contribution in [0.25, 0.3) is 109 Å². The number of rotatable bonds is 4. The fourth-order valence-electron chi connectivity index (χ4n) is 8.81. The van der Waals surface area contributed by atoms with Crippen molar-refractivity contribution in [1.29, 1.82) is 0 Å². The molecule has 0 bridgehead atoms. The Bertz CT molecular complexity index is 3270. The van der Waals surface area contributed by atoms with Gasteiger partial charge in [0.15, 0.2) is 0 Å². The van der Waals surface area contributed by atoms with Crippen LogP contribution in [0.1, 0.15) is 0 Å². The summed E-state index contributed by atoms with van der Waals surface area (Å²) in [4.78, 5) is 5.23. The first-order chi connectivity index (χ1) is 26.8. The summed E-state index contributed by atoms with van der Waals surface area (Å²) in [6.07, 6.45) is 0. The van der Waals surface area contributed by atoms with Gasteiger partial charge in [0.05, 0.1) is 11.4 Å². The van der Waals surface area contributed by atoms with Crippen LogP contribution in [-0.2, 0) is 0 Å². The van der Waals surface area contributed by atoms with E-state index in [1.54, 1.807) is 0 Å². The molecule has 0 saturated carbocycles. The van der Waals surface area contributed by atoms with Gasteiger partial charge >= 0.3 is 0 Å².